The van der Waals surface area contributed by atoms with Crippen LogP contribution in [0.3, 0.4) is 0 Å². The van der Waals surface area contributed by atoms with Gasteiger partial charge in [-0.3, -0.25) is 4.79 Å². The number of hydrogen-bond acceptors (Lipinski definition) is 2. The third-order valence-corrected chi connectivity index (χ3v) is 3.07. The van der Waals surface area contributed by atoms with E-state index in [1.165, 1.54) is 18.2 Å². The minimum atomic E-state index is -0.314. The molecule has 0 aliphatic rings. The van der Waals surface area contributed by atoms with E-state index in [0.717, 1.165) is 11.1 Å². The van der Waals surface area contributed by atoms with Gasteiger partial charge in [0.2, 0.25) is 5.91 Å². The number of nitrogens with two attached hydrogens (primary N) is 1. The lowest BCUT2D eigenvalue weighted by molar-refractivity contribution is -0.117. The molecule has 2 aromatic rings. The van der Waals surface area contributed by atoms with Crippen LogP contribution in [0.15, 0.2) is 54.6 Å². The molecule has 2 aromatic carbocycles. The van der Waals surface area contributed by atoms with Crippen LogP contribution in [0.1, 0.15) is 24.1 Å². The second-order valence-electron chi connectivity index (χ2n) is 4.79. The summed E-state index contributed by atoms with van der Waals surface area (Å²) in [5.74, 6) is -0.547. The molecule has 3 N–H and O–H groups in total. The number of hydrogen-bond donors (Lipinski definition) is 2. The van der Waals surface area contributed by atoms with Gasteiger partial charge in [-0.2, -0.15) is 0 Å². The molecule has 108 valence electrons. The molecule has 2 rings (SSSR count). The maximum absolute atomic E-state index is 13.1. The van der Waals surface area contributed by atoms with Gasteiger partial charge in [0, 0.05) is 11.8 Å². The topological polar surface area (TPSA) is 55.1 Å². The Kier molecular flexibility index (Phi) is 4.72. The molecule has 1 amide bonds. The molecule has 0 fully saturated rings. The van der Waals surface area contributed by atoms with Crippen LogP contribution < -0.4 is 11.1 Å². The molecular weight excluding hydrogens is 267 g/mol. The van der Waals surface area contributed by atoms with Crippen LogP contribution in [0.5, 0.6) is 0 Å². The Bertz CT molecular complexity index is 650. The van der Waals surface area contributed by atoms with Crippen molar-refractivity contribution in [2.45, 2.75) is 13.0 Å². The lowest BCUT2D eigenvalue weighted by Crippen LogP contribution is -2.24. The standard InChI is InChI=1S/C17H17FN2O/c1-12(14-3-2-4-15(18)11-14)20-17(21)10-7-13-5-8-16(19)9-6-13/h2-12H,19H2,1H3,(H,20,21)/b10-7+/t12-/m1/s1. The average molecular weight is 284 g/mol. The van der Waals surface area contributed by atoms with Gasteiger partial charge in [-0.15, -0.1) is 0 Å². The van der Waals surface area contributed by atoms with Crippen molar-refractivity contribution in [2.75, 3.05) is 5.73 Å². The maximum Gasteiger partial charge on any atom is 0.244 e. The Morgan fingerprint density at radius 3 is 2.62 bits per heavy atom. The summed E-state index contributed by atoms with van der Waals surface area (Å²) in [6.45, 7) is 1.81. The second-order valence-corrected chi connectivity index (χ2v) is 4.79. The lowest BCUT2D eigenvalue weighted by atomic mass is 10.1. The van der Waals surface area contributed by atoms with Gasteiger partial charge in [0.05, 0.1) is 6.04 Å². The molecule has 3 nitrogen and oxygen atoms in total. The maximum atomic E-state index is 13.1. The zero-order valence-corrected chi connectivity index (χ0v) is 11.7. The molecule has 0 aliphatic heterocycles. The minimum Gasteiger partial charge on any atom is -0.399 e. The molecular formula is C17H17FN2O. The SMILES string of the molecule is C[C@@H](NC(=O)/C=C/c1ccc(N)cc1)c1cccc(F)c1. The molecule has 0 aliphatic carbocycles. The van der Waals surface area contributed by atoms with Crippen molar-refractivity contribution in [1.82, 2.24) is 5.32 Å². The molecule has 0 spiro atoms. The number of nitrogens with one attached hydrogen (secondary N) is 1. The Labute approximate surface area is 123 Å². The highest BCUT2D eigenvalue weighted by Gasteiger charge is 2.07. The van der Waals surface area contributed by atoms with Gasteiger partial charge in [0.25, 0.3) is 0 Å². The predicted molar refractivity (Wildman–Crippen MR) is 82.8 cm³/mol. The highest BCUT2D eigenvalue weighted by molar-refractivity contribution is 5.92. The fourth-order valence-electron chi connectivity index (χ4n) is 1.90. The molecule has 1 atom stereocenters. The van der Waals surface area contributed by atoms with Gasteiger partial charge >= 0.3 is 0 Å². The number of rotatable bonds is 4. The molecule has 0 bridgehead atoms. The minimum absolute atomic E-state index is 0.233. The summed E-state index contributed by atoms with van der Waals surface area (Å²) < 4.78 is 13.1. The van der Waals surface area contributed by atoms with Crippen molar-refractivity contribution < 1.29 is 9.18 Å². The predicted octanol–water partition coefficient (Wildman–Crippen LogP) is 3.30. The summed E-state index contributed by atoms with van der Waals surface area (Å²) in [5, 5.41) is 2.79. The first-order valence-electron chi connectivity index (χ1n) is 6.64. The monoisotopic (exact) mass is 284 g/mol. The number of anilines is 1. The van der Waals surface area contributed by atoms with Crippen molar-refractivity contribution in [3.8, 4) is 0 Å². The quantitative estimate of drug-likeness (QED) is 0.668. The van der Waals surface area contributed by atoms with Crippen LogP contribution in [0.2, 0.25) is 0 Å². The summed E-state index contributed by atoms with van der Waals surface area (Å²) >= 11 is 0. The zero-order valence-electron chi connectivity index (χ0n) is 11.7. The number of halogens is 1. The van der Waals surface area contributed by atoms with Crippen LogP contribution in [0.4, 0.5) is 10.1 Å². The molecule has 0 radical (unpaired) electrons. The normalized spacial score (nSPS) is 12.3. The van der Waals surface area contributed by atoms with Gasteiger partial charge in [0.15, 0.2) is 0 Å². The van der Waals surface area contributed by atoms with Crippen molar-refractivity contribution in [3.63, 3.8) is 0 Å². The molecule has 0 unspecified atom stereocenters. The van der Waals surface area contributed by atoms with Gasteiger partial charge in [-0.05, 0) is 48.4 Å². The lowest BCUT2D eigenvalue weighted by Gasteiger charge is -2.12. The molecule has 0 heterocycles. The molecule has 0 aromatic heterocycles. The van der Waals surface area contributed by atoms with E-state index in [9.17, 15) is 9.18 Å². The fourth-order valence-corrected chi connectivity index (χ4v) is 1.90. The van der Waals surface area contributed by atoms with E-state index in [0.29, 0.717) is 5.69 Å². The summed E-state index contributed by atoms with van der Waals surface area (Å²) in [4.78, 5) is 11.8. The summed E-state index contributed by atoms with van der Waals surface area (Å²) in [6.07, 6.45) is 3.15. The van der Waals surface area contributed by atoms with Gasteiger partial charge < -0.3 is 11.1 Å². The molecule has 0 saturated heterocycles. The van der Waals surface area contributed by atoms with E-state index in [2.05, 4.69) is 5.32 Å². The van der Waals surface area contributed by atoms with Crippen molar-refractivity contribution in [2.24, 2.45) is 0 Å². The number of carbonyl (C=O) groups is 1. The highest BCUT2D eigenvalue weighted by Crippen LogP contribution is 2.13. The molecule has 4 heteroatoms. The Morgan fingerprint density at radius 2 is 1.95 bits per heavy atom. The van der Waals surface area contributed by atoms with Crippen LogP contribution in [0.25, 0.3) is 6.08 Å². The summed E-state index contributed by atoms with van der Waals surface area (Å²) in [6, 6.07) is 13.1. The van der Waals surface area contributed by atoms with E-state index >= 15 is 0 Å². The average Bonchev–Trinajstić information content (AvgIpc) is 2.46. The van der Waals surface area contributed by atoms with E-state index in [1.54, 1.807) is 30.3 Å². The van der Waals surface area contributed by atoms with Gasteiger partial charge in [-0.1, -0.05) is 24.3 Å². The molecule has 21 heavy (non-hydrogen) atoms. The largest absolute Gasteiger partial charge is 0.399 e. The third-order valence-electron chi connectivity index (χ3n) is 3.07. The number of nitrogen functional groups attached to an aromatic ring is 1. The van der Waals surface area contributed by atoms with Gasteiger partial charge in [0.1, 0.15) is 5.82 Å². The fraction of sp³-hybridized carbons (Fsp3) is 0.118. The molecule has 0 saturated carbocycles. The number of amides is 1. The summed E-state index contributed by atoms with van der Waals surface area (Å²) in [7, 11) is 0. The van der Waals surface area contributed by atoms with Gasteiger partial charge in [-0.25, -0.2) is 4.39 Å². The summed E-state index contributed by atoms with van der Waals surface area (Å²) in [5.41, 5.74) is 7.88. The Morgan fingerprint density at radius 1 is 1.24 bits per heavy atom. The smallest absolute Gasteiger partial charge is 0.244 e. The number of carbonyl (C=O) groups excluding carboxylic acids is 1. The van der Waals surface area contributed by atoms with Crippen molar-refractivity contribution >= 4 is 17.7 Å². The van der Waals surface area contributed by atoms with E-state index in [4.69, 9.17) is 5.73 Å². The number of benzene rings is 2. The first-order chi connectivity index (χ1) is 10.0. The third kappa shape index (κ3) is 4.45. The highest BCUT2D eigenvalue weighted by atomic mass is 19.1. The second kappa shape index (κ2) is 6.70. The van der Waals surface area contributed by atoms with Crippen molar-refractivity contribution in [3.05, 3.63) is 71.6 Å². The van der Waals surface area contributed by atoms with Crippen LogP contribution in [0, 0.1) is 5.82 Å². The van der Waals surface area contributed by atoms with E-state index < -0.39 is 0 Å². The Balaban J connectivity index is 1.96. The van der Waals surface area contributed by atoms with Crippen LogP contribution >= 0.6 is 0 Å². The first-order valence-corrected chi connectivity index (χ1v) is 6.64. The van der Waals surface area contributed by atoms with Crippen LogP contribution in [-0.2, 0) is 4.79 Å². The van der Waals surface area contributed by atoms with Crippen LogP contribution in [-0.4, -0.2) is 5.91 Å². The Hall–Kier alpha value is -2.62. The first kappa shape index (κ1) is 14.8. The van der Waals surface area contributed by atoms with E-state index in [1.807, 2.05) is 19.1 Å². The zero-order chi connectivity index (χ0) is 15.2. The van der Waals surface area contributed by atoms with E-state index in [-0.39, 0.29) is 17.8 Å². The van der Waals surface area contributed by atoms with Crippen molar-refractivity contribution in [1.29, 1.82) is 0 Å².